The van der Waals surface area contributed by atoms with Crippen LogP contribution in [0.5, 0.6) is 0 Å². The van der Waals surface area contributed by atoms with E-state index in [0.29, 0.717) is 39.8 Å². The molecular weight excluding hydrogens is 474 g/mol. The molecule has 0 unspecified atom stereocenters. The number of hydrogen-bond acceptors (Lipinski definition) is 6. The number of thiophene rings is 1. The second kappa shape index (κ2) is 10.3. The van der Waals surface area contributed by atoms with Crippen LogP contribution in [0.4, 0.5) is 10.7 Å². The second-order valence-corrected chi connectivity index (χ2v) is 9.86. The Morgan fingerprint density at radius 3 is 2.75 bits per heavy atom. The summed E-state index contributed by atoms with van der Waals surface area (Å²) in [5.74, 6) is 0.915. The summed E-state index contributed by atoms with van der Waals surface area (Å²) in [6, 6.07) is 18.4. The largest absolute Gasteiger partial charge is 0.455 e. The van der Waals surface area contributed by atoms with E-state index in [2.05, 4.69) is 10.3 Å². The monoisotopic (exact) mass is 499 g/mol. The zero-order valence-electron chi connectivity index (χ0n) is 19.8. The van der Waals surface area contributed by atoms with Gasteiger partial charge in [-0.15, -0.1) is 11.3 Å². The first-order valence-electron chi connectivity index (χ1n) is 11.9. The Labute approximate surface area is 212 Å². The van der Waals surface area contributed by atoms with Crippen molar-refractivity contribution < 1.29 is 14.1 Å². The lowest BCUT2D eigenvalue weighted by Gasteiger charge is -2.12. The molecule has 0 aliphatic heterocycles. The molecule has 7 nitrogen and oxygen atoms in total. The molecule has 1 aliphatic rings. The topological polar surface area (TPSA) is 97.7 Å². The fourth-order valence-corrected chi connectivity index (χ4v) is 5.63. The van der Waals surface area contributed by atoms with Crippen LogP contribution in [-0.2, 0) is 19.4 Å². The van der Waals surface area contributed by atoms with Crippen LogP contribution < -0.4 is 5.32 Å². The molecule has 0 saturated heterocycles. The zero-order valence-corrected chi connectivity index (χ0v) is 20.6. The molecule has 1 amide bonds. The SMILES string of the molecule is Cc1ccc(-c2ccc(/C=N\c3sc4c(c3C(=O)NCc3ccccc3)CCCC4)o2)cc1[N+](=O)[O-]. The molecule has 0 radical (unpaired) electrons. The fraction of sp³-hybridized carbons (Fsp3) is 0.214. The third kappa shape index (κ3) is 4.99. The molecule has 4 aromatic rings. The lowest BCUT2D eigenvalue weighted by molar-refractivity contribution is -0.385. The van der Waals surface area contributed by atoms with Crippen LogP contribution in [0, 0.1) is 17.0 Å². The van der Waals surface area contributed by atoms with E-state index in [1.807, 2.05) is 30.3 Å². The first-order chi connectivity index (χ1) is 17.5. The summed E-state index contributed by atoms with van der Waals surface area (Å²) in [7, 11) is 0. The number of benzene rings is 2. The second-order valence-electron chi connectivity index (χ2n) is 8.78. The van der Waals surface area contributed by atoms with Crippen molar-refractivity contribution in [3.05, 3.63) is 104 Å². The number of carbonyl (C=O) groups is 1. The number of aliphatic imine (C=N–C) groups is 1. The smallest absolute Gasteiger partial charge is 0.273 e. The predicted molar refractivity (Wildman–Crippen MR) is 141 cm³/mol. The Bertz CT molecular complexity index is 1450. The summed E-state index contributed by atoms with van der Waals surface area (Å²) in [6.07, 6.45) is 5.64. The summed E-state index contributed by atoms with van der Waals surface area (Å²) in [4.78, 5) is 30.0. The van der Waals surface area contributed by atoms with Crippen molar-refractivity contribution in [2.75, 3.05) is 0 Å². The van der Waals surface area contributed by atoms with Crippen LogP contribution in [0.25, 0.3) is 11.3 Å². The van der Waals surface area contributed by atoms with Crippen LogP contribution >= 0.6 is 11.3 Å². The van der Waals surface area contributed by atoms with Gasteiger partial charge in [0, 0.05) is 28.6 Å². The van der Waals surface area contributed by atoms with Gasteiger partial charge in [0.25, 0.3) is 11.6 Å². The molecule has 2 heterocycles. The van der Waals surface area contributed by atoms with Gasteiger partial charge in [0.1, 0.15) is 16.5 Å². The Hall–Kier alpha value is -4.04. The van der Waals surface area contributed by atoms with Crippen molar-refractivity contribution in [3.8, 4) is 11.3 Å². The predicted octanol–water partition coefficient (Wildman–Crippen LogP) is 6.78. The molecule has 5 rings (SSSR count). The summed E-state index contributed by atoms with van der Waals surface area (Å²) in [5, 5.41) is 15.0. The van der Waals surface area contributed by atoms with Crippen molar-refractivity contribution in [2.45, 2.75) is 39.2 Å². The maximum absolute atomic E-state index is 13.2. The average Bonchev–Trinajstić information content (AvgIpc) is 3.51. The molecule has 1 N–H and O–H groups in total. The highest BCUT2D eigenvalue weighted by atomic mass is 32.1. The lowest BCUT2D eigenvalue weighted by atomic mass is 9.95. The van der Waals surface area contributed by atoms with Crippen LogP contribution in [0.2, 0.25) is 0 Å². The van der Waals surface area contributed by atoms with E-state index in [9.17, 15) is 14.9 Å². The van der Waals surface area contributed by atoms with Gasteiger partial charge in [0.15, 0.2) is 0 Å². The summed E-state index contributed by atoms with van der Waals surface area (Å²) in [6.45, 7) is 2.16. The molecule has 0 saturated carbocycles. The number of nitrogens with one attached hydrogen (secondary N) is 1. The van der Waals surface area contributed by atoms with Crippen molar-refractivity contribution in [2.24, 2.45) is 4.99 Å². The number of carbonyl (C=O) groups excluding carboxylic acids is 1. The van der Waals surface area contributed by atoms with Gasteiger partial charge in [0.05, 0.1) is 16.7 Å². The molecule has 2 aromatic heterocycles. The zero-order chi connectivity index (χ0) is 25.1. The number of nitrogens with zero attached hydrogens (tertiary/aromatic N) is 2. The van der Waals surface area contributed by atoms with E-state index < -0.39 is 4.92 Å². The van der Waals surface area contributed by atoms with Crippen LogP contribution in [0.1, 0.15) is 50.5 Å². The molecule has 0 fully saturated rings. The Morgan fingerprint density at radius 2 is 1.94 bits per heavy atom. The molecule has 1 aliphatic carbocycles. The standard InChI is InChI=1S/C28H25N3O4S/c1-18-11-12-20(15-23(18)31(33)34)24-14-13-21(35-24)17-30-28-26(22-9-5-6-10-25(22)36-28)27(32)29-16-19-7-3-2-4-8-19/h2-4,7-8,11-15,17H,5-6,9-10,16H2,1H3,(H,29,32)/b30-17-. The summed E-state index contributed by atoms with van der Waals surface area (Å²) >= 11 is 1.57. The van der Waals surface area contributed by atoms with E-state index in [1.54, 1.807) is 48.7 Å². The van der Waals surface area contributed by atoms with E-state index >= 15 is 0 Å². The number of furan rings is 1. The Balaban J connectivity index is 1.39. The van der Waals surface area contributed by atoms with Crippen molar-refractivity contribution in [1.82, 2.24) is 5.32 Å². The quantitative estimate of drug-likeness (QED) is 0.172. The molecule has 0 bridgehead atoms. The fourth-order valence-electron chi connectivity index (χ4n) is 4.40. The van der Waals surface area contributed by atoms with Gasteiger partial charge in [-0.2, -0.15) is 0 Å². The van der Waals surface area contributed by atoms with E-state index in [4.69, 9.17) is 4.42 Å². The van der Waals surface area contributed by atoms with Crippen LogP contribution in [0.15, 0.2) is 70.1 Å². The van der Waals surface area contributed by atoms with Gasteiger partial charge in [-0.25, -0.2) is 4.99 Å². The Morgan fingerprint density at radius 1 is 1.14 bits per heavy atom. The summed E-state index contributed by atoms with van der Waals surface area (Å²) < 4.78 is 5.91. The maximum Gasteiger partial charge on any atom is 0.273 e. The number of aryl methyl sites for hydroxylation is 2. The number of nitro benzene ring substituents is 1. The Kier molecular flexibility index (Phi) is 6.77. The molecular formula is C28H25N3O4S. The number of rotatable bonds is 7. The molecule has 8 heteroatoms. The van der Waals surface area contributed by atoms with Crippen molar-refractivity contribution >= 4 is 34.1 Å². The molecule has 0 spiro atoms. The average molecular weight is 500 g/mol. The minimum atomic E-state index is -0.396. The van der Waals surface area contributed by atoms with Gasteiger partial charge in [-0.1, -0.05) is 42.5 Å². The van der Waals surface area contributed by atoms with Gasteiger partial charge in [-0.3, -0.25) is 14.9 Å². The van der Waals surface area contributed by atoms with Crippen molar-refractivity contribution in [3.63, 3.8) is 0 Å². The van der Waals surface area contributed by atoms with E-state index in [1.165, 1.54) is 10.9 Å². The number of fused-ring (bicyclic) bond motifs is 1. The first-order valence-corrected chi connectivity index (χ1v) is 12.7. The number of hydrogen-bond donors (Lipinski definition) is 1. The number of amides is 1. The van der Waals surface area contributed by atoms with Gasteiger partial charge in [-0.05, 0) is 55.9 Å². The third-order valence-corrected chi connectivity index (χ3v) is 7.50. The number of nitro groups is 1. The first kappa shape index (κ1) is 23.7. The molecule has 182 valence electrons. The highest BCUT2D eigenvalue weighted by molar-refractivity contribution is 7.16. The van der Waals surface area contributed by atoms with E-state index in [-0.39, 0.29) is 11.6 Å². The molecule has 2 aromatic carbocycles. The van der Waals surface area contributed by atoms with Gasteiger partial charge in [0.2, 0.25) is 0 Å². The molecule has 36 heavy (non-hydrogen) atoms. The minimum absolute atomic E-state index is 0.0504. The van der Waals surface area contributed by atoms with Gasteiger partial charge < -0.3 is 9.73 Å². The summed E-state index contributed by atoms with van der Waals surface area (Å²) in [5.41, 5.74) is 4.07. The molecule has 0 atom stereocenters. The highest BCUT2D eigenvalue weighted by Gasteiger charge is 2.25. The van der Waals surface area contributed by atoms with Crippen LogP contribution in [-0.4, -0.2) is 17.0 Å². The van der Waals surface area contributed by atoms with Gasteiger partial charge >= 0.3 is 0 Å². The van der Waals surface area contributed by atoms with E-state index in [0.717, 1.165) is 36.8 Å². The highest BCUT2D eigenvalue weighted by Crippen LogP contribution is 2.40. The maximum atomic E-state index is 13.2. The minimum Gasteiger partial charge on any atom is -0.455 e. The normalized spacial score (nSPS) is 13.0. The lowest BCUT2D eigenvalue weighted by Crippen LogP contribution is -2.24. The third-order valence-electron chi connectivity index (χ3n) is 6.30. The van der Waals surface area contributed by atoms with Crippen LogP contribution in [0.3, 0.4) is 0 Å². The van der Waals surface area contributed by atoms with Crippen molar-refractivity contribution in [1.29, 1.82) is 0 Å².